The number of carboxylic acid groups (broad SMARTS) is 1. The van der Waals surface area contributed by atoms with Crippen LogP contribution in [0.3, 0.4) is 0 Å². The number of halogens is 1. The molecule has 0 saturated carbocycles. The fourth-order valence-electron chi connectivity index (χ4n) is 2.86. The Morgan fingerprint density at radius 2 is 2.08 bits per heavy atom. The molecule has 0 radical (unpaired) electrons. The van der Waals surface area contributed by atoms with Gasteiger partial charge in [0.1, 0.15) is 5.75 Å². The second kappa shape index (κ2) is 9.06. The van der Waals surface area contributed by atoms with Gasteiger partial charge >= 0.3 is 5.97 Å². The molecule has 1 aliphatic heterocycles. The highest BCUT2D eigenvalue weighted by Crippen LogP contribution is 2.23. The first-order valence-corrected chi connectivity index (χ1v) is 8.79. The molecule has 1 aromatic carbocycles. The van der Waals surface area contributed by atoms with Crippen LogP contribution in [-0.2, 0) is 14.3 Å². The molecule has 0 aromatic heterocycles. The van der Waals surface area contributed by atoms with E-state index in [1.54, 1.807) is 30.0 Å². The van der Waals surface area contributed by atoms with E-state index < -0.39 is 12.1 Å². The first kappa shape index (κ1) is 19.5. The number of aryl methyl sites for hydroxylation is 1. The molecular formula is C18H24ClNO5. The summed E-state index contributed by atoms with van der Waals surface area (Å²) in [6.07, 6.45) is 0.615. The molecule has 1 amide bonds. The van der Waals surface area contributed by atoms with Crippen LogP contribution in [0.15, 0.2) is 18.2 Å². The van der Waals surface area contributed by atoms with Crippen LogP contribution in [0.5, 0.6) is 5.75 Å². The molecule has 25 heavy (non-hydrogen) atoms. The Morgan fingerprint density at radius 1 is 1.40 bits per heavy atom. The molecule has 1 aromatic rings. The lowest BCUT2D eigenvalue weighted by Gasteiger charge is -2.35. The first-order valence-electron chi connectivity index (χ1n) is 8.41. The Morgan fingerprint density at radius 3 is 2.68 bits per heavy atom. The molecule has 1 saturated heterocycles. The van der Waals surface area contributed by atoms with E-state index in [2.05, 4.69) is 0 Å². The van der Waals surface area contributed by atoms with Gasteiger partial charge in [0, 0.05) is 30.8 Å². The van der Waals surface area contributed by atoms with Gasteiger partial charge in [0.2, 0.25) is 0 Å². The summed E-state index contributed by atoms with van der Waals surface area (Å²) in [5.41, 5.74) is 0.867. The zero-order valence-corrected chi connectivity index (χ0v) is 15.3. The Bertz CT molecular complexity index is 615. The number of aliphatic carboxylic acids is 1. The maximum absolute atomic E-state index is 12.9. The van der Waals surface area contributed by atoms with Crippen LogP contribution in [0.4, 0.5) is 0 Å². The average Bonchev–Trinajstić information content (AvgIpc) is 2.59. The van der Waals surface area contributed by atoms with Crippen molar-refractivity contribution in [2.75, 3.05) is 19.8 Å². The maximum Gasteiger partial charge on any atom is 0.305 e. The van der Waals surface area contributed by atoms with Gasteiger partial charge in [-0.15, -0.1) is 0 Å². The fourth-order valence-corrected chi connectivity index (χ4v) is 2.98. The van der Waals surface area contributed by atoms with Crippen LogP contribution in [0.25, 0.3) is 0 Å². The SMILES string of the molecule is Cc1cc(O[C@H](C)C(=O)N(CCC(=O)O)C2CCOCC2)ccc1Cl. The highest BCUT2D eigenvalue weighted by atomic mass is 35.5. The van der Waals surface area contributed by atoms with Crippen LogP contribution >= 0.6 is 11.6 Å². The Labute approximate surface area is 152 Å². The van der Waals surface area contributed by atoms with Crippen LogP contribution < -0.4 is 4.74 Å². The van der Waals surface area contributed by atoms with Crippen LogP contribution in [0.2, 0.25) is 5.02 Å². The Hall–Kier alpha value is -1.79. The molecule has 0 bridgehead atoms. The second-order valence-corrected chi connectivity index (χ2v) is 6.60. The van der Waals surface area contributed by atoms with Crippen LogP contribution in [0, 0.1) is 6.92 Å². The van der Waals surface area contributed by atoms with Gasteiger partial charge in [-0.3, -0.25) is 9.59 Å². The Balaban J connectivity index is 2.07. The predicted molar refractivity (Wildman–Crippen MR) is 94.1 cm³/mol. The third-order valence-electron chi connectivity index (χ3n) is 4.27. The van der Waals surface area contributed by atoms with Crippen LogP contribution in [-0.4, -0.2) is 53.8 Å². The zero-order chi connectivity index (χ0) is 18.4. The molecule has 1 heterocycles. The van der Waals surface area contributed by atoms with Gasteiger partial charge in [-0.1, -0.05) is 11.6 Å². The van der Waals surface area contributed by atoms with Crippen molar-refractivity contribution in [3.63, 3.8) is 0 Å². The van der Waals surface area contributed by atoms with E-state index in [-0.39, 0.29) is 24.9 Å². The monoisotopic (exact) mass is 369 g/mol. The molecule has 6 nitrogen and oxygen atoms in total. The summed E-state index contributed by atoms with van der Waals surface area (Å²) in [6, 6.07) is 5.21. The van der Waals surface area contributed by atoms with E-state index in [1.165, 1.54) is 0 Å². The number of nitrogens with zero attached hydrogens (tertiary/aromatic N) is 1. The zero-order valence-electron chi connectivity index (χ0n) is 14.5. The van der Waals surface area contributed by atoms with Gasteiger partial charge in [-0.25, -0.2) is 0 Å². The fraction of sp³-hybridized carbons (Fsp3) is 0.556. The van der Waals surface area contributed by atoms with E-state index in [0.717, 1.165) is 5.56 Å². The highest BCUT2D eigenvalue weighted by Gasteiger charge is 2.30. The summed E-state index contributed by atoms with van der Waals surface area (Å²) in [4.78, 5) is 25.4. The van der Waals surface area contributed by atoms with E-state index >= 15 is 0 Å². The molecule has 1 atom stereocenters. The van der Waals surface area contributed by atoms with Gasteiger partial charge < -0.3 is 19.5 Å². The van der Waals surface area contributed by atoms with Gasteiger partial charge in [-0.2, -0.15) is 0 Å². The molecule has 1 fully saturated rings. The molecule has 1 aliphatic rings. The number of carbonyl (C=O) groups excluding carboxylic acids is 1. The summed E-state index contributed by atoms with van der Waals surface area (Å²) in [5, 5.41) is 9.60. The maximum atomic E-state index is 12.9. The summed E-state index contributed by atoms with van der Waals surface area (Å²) in [6.45, 7) is 4.87. The normalized spacial score (nSPS) is 16.3. The van der Waals surface area contributed by atoms with E-state index in [1.807, 2.05) is 6.92 Å². The van der Waals surface area contributed by atoms with Gasteiger partial charge in [0.05, 0.1) is 6.42 Å². The molecular weight excluding hydrogens is 346 g/mol. The molecule has 2 rings (SSSR count). The summed E-state index contributed by atoms with van der Waals surface area (Å²) >= 11 is 6.00. The van der Waals surface area contributed by atoms with Crippen molar-refractivity contribution < 1.29 is 24.2 Å². The molecule has 1 N–H and O–H groups in total. The number of carbonyl (C=O) groups is 2. The number of amides is 1. The summed E-state index contributed by atoms with van der Waals surface area (Å²) in [7, 11) is 0. The van der Waals surface area contributed by atoms with Gasteiger partial charge in [-0.05, 0) is 50.5 Å². The topological polar surface area (TPSA) is 76.1 Å². The lowest BCUT2D eigenvalue weighted by Crippen LogP contribution is -2.49. The number of benzene rings is 1. The number of hydrogen-bond acceptors (Lipinski definition) is 4. The third-order valence-corrected chi connectivity index (χ3v) is 4.70. The molecule has 0 unspecified atom stereocenters. The van der Waals surface area contributed by atoms with E-state index in [0.29, 0.717) is 36.8 Å². The second-order valence-electron chi connectivity index (χ2n) is 6.19. The minimum Gasteiger partial charge on any atom is -0.481 e. The quantitative estimate of drug-likeness (QED) is 0.799. The number of rotatable bonds is 7. The van der Waals surface area contributed by atoms with Crippen molar-refractivity contribution >= 4 is 23.5 Å². The van der Waals surface area contributed by atoms with Crippen molar-refractivity contribution in [3.05, 3.63) is 28.8 Å². The largest absolute Gasteiger partial charge is 0.481 e. The van der Waals surface area contributed by atoms with Crippen LogP contribution in [0.1, 0.15) is 31.7 Å². The van der Waals surface area contributed by atoms with Crippen molar-refractivity contribution in [2.45, 2.75) is 45.3 Å². The summed E-state index contributed by atoms with van der Waals surface area (Å²) < 4.78 is 11.1. The lowest BCUT2D eigenvalue weighted by molar-refractivity contribution is -0.144. The van der Waals surface area contributed by atoms with Crippen molar-refractivity contribution in [1.29, 1.82) is 0 Å². The third kappa shape index (κ3) is 5.61. The molecule has 138 valence electrons. The molecule has 7 heteroatoms. The van der Waals surface area contributed by atoms with Crippen molar-refractivity contribution in [1.82, 2.24) is 4.90 Å². The average molecular weight is 370 g/mol. The highest BCUT2D eigenvalue weighted by molar-refractivity contribution is 6.31. The Kier molecular flexibility index (Phi) is 7.08. The number of carboxylic acids is 1. The van der Waals surface area contributed by atoms with E-state index in [9.17, 15) is 9.59 Å². The van der Waals surface area contributed by atoms with E-state index in [4.69, 9.17) is 26.2 Å². The van der Waals surface area contributed by atoms with Gasteiger partial charge in [0.25, 0.3) is 5.91 Å². The minimum absolute atomic E-state index is 0.0152. The van der Waals surface area contributed by atoms with Crippen molar-refractivity contribution in [2.24, 2.45) is 0 Å². The number of ether oxygens (including phenoxy) is 2. The first-order chi connectivity index (χ1) is 11.9. The number of hydrogen-bond donors (Lipinski definition) is 1. The lowest BCUT2D eigenvalue weighted by atomic mass is 10.1. The van der Waals surface area contributed by atoms with Crippen molar-refractivity contribution in [3.8, 4) is 5.75 Å². The predicted octanol–water partition coefficient (Wildman–Crippen LogP) is 2.90. The molecule has 0 aliphatic carbocycles. The summed E-state index contributed by atoms with van der Waals surface area (Å²) in [5.74, 6) is -0.569. The molecule has 0 spiro atoms. The smallest absolute Gasteiger partial charge is 0.305 e. The van der Waals surface area contributed by atoms with Gasteiger partial charge in [0.15, 0.2) is 6.10 Å². The standard InChI is InChI=1S/C18H24ClNO5/c1-12-11-15(3-4-16(12)19)25-13(2)18(23)20(8-5-17(21)22)14-6-9-24-10-7-14/h3-4,11,13-14H,5-10H2,1-2H3,(H,21,22)/t13-/m1/s1. The minimum atomic E-state index is -0.924.